The number of para-hydroxylation sites is 1. The van der Waals surface area contributed by atoms with Crippen molar-refractivity contribution in [3.05, 3.63) is 123 Å². The molecule has 0 spiro atoms. The number of halogens is 2. The van der Waals surface area contributed by atoms with Crippen LogP contribution in [0.2, 0.25) is 10.0 Å². The molecule has 4 aromatic carbocycles. The first-order chi connectivity index (χ1) is 19.3. The molecule has 0 fully saturated rings. The van der Waals surface area contributed by atoms with Crippen molar-refractivity contribution in [3.8, 4) is 5.75 Å². The van der Waals surface area contributed by atoms with Crippen molar-refractivity contribution in [1.82, 2.24) is 0 Å². The van der Waals surface area contributed by atoms with Crippen LogP contribution in [0.5, 0.6) is 5.75 Å². The first-order valence-electron chi connectivity index (χ1n) is 12.0. The number of amides is 3. The van der Waals surface area contributed by atoms with Gasteiger partial charge >= 0.3 is 0 Å². The Morgan fingerprint density at radius 2 is 1.50 bits per heavy atom. The highest BCUT2D eigenvalue weighted by Gasteiger charge is 2.40. The van der Waals surface area contributed by atoms with Gasteiger partial charge in [-0.25, -0.2) is 4.90 Å². The summed E-state index contributed by atoms with van der Waals surface area (Å²) in [4.78, 5) is 41.8. The maximum Gasteiger partial charge on any atom is 0.283 e. The number of rotatable bonds is 8. The number of thioether (sulfide) groups is 1. The van der Waals surface area contributed by atoms with Crippen molar-refractivity contribution in [2.45, 2.75) is 4.90 Å². The van der Waals surface area contributed by atoms with E-state index >= 15 is 0 Å². The van der Waals surface area contributed by atoms with E-state index in [2.05, 4.69) is 10.6 Å². The second-order valence-electron chi connectivity index (χ2n) is 8.54. The first kappa shape index (κ1) is 27.3. The Bertz CT molecular complexity index is 1630. The van der Waals surface area contributed by atoms with Gasteiger partial charge < -0.3 is 15.4 Å². The van der Waals surface area contributed by atoms with Crippen molar-refractivity contribution in [2.24, 2.45) is 0 Å². The normalized spacial score (nSPS) is 13.0. The van der Waals surface area contributed by atoms with Crippen molar-refractivity contribution in [1.29, 1.82) is 0 Å². The molecule has 5 rings (SSSR count). The van der Waals surface area contributed by atoms with Gasteiger partial charge in [-0.2, -0.15) is 0 Å². The molecular weight excluding hydrogens is 569 g/mol. The topological polar surface area (TPSA) is 87.7 Å². The molecule has 0 aliphatic carbocycles. The summed E-state index contributed by atoms with van der Waals surface area (Å²) in [7, 11) is 1.57. The van der Waals surface area contributed by atoms with E-state index in [4.69, 9.17) is 27.9 Å². The maximum atomic E-state index is 13.5. The fourth-order valence-corrected chi connectivity index (χ4v) is 5.36. The highest BCUT2D eigenvalue weighted by Crippen LogP contribution is 2.38. The Hall–Kier alpha value is -4.24. The molecule has 7 nitrogen and oxygen atoms in total. The van der Waals surface area contributed by atoms with E-state index in [-0.39, 0.29) is 21.5 Å². The second kappa shape index (κ2) is 11.9. The molecule has 0 atom stereocenters. The number of hydrogen-bond acceptors (Lipinski definition) is 6. The molecule has 0 unspecified atom stereocenters. The monoisotopic (exact) mass is 589 g/mol. The molecule has 1 heterocycles. The van der Waals surface area contributed by atoms with Gasteiger partial charge in [0.25, 0.3) is 17.7 Å². The highest BCUT2D eigenvalue weighted by molar-refractivity contribution is 8.04. The van der Waals surface area contributed by atoms with Crippen LogP contribution in [0.3, 0.4) is 0 Å². The molecule has 10 heteroatoms. The van der Waals surface area contributed by atoms with Crippen molar-refractivity contribution >= 4 is 69.7 Å². The predicted octanol–water partition coefficient (Wildman–Crippen LogP) is 7.24. The largest absolute Gasteiger partial charge is 0.497 e. The van der Waals surface area contributed by atoms with Gasteiger partial charge in [-0.05, 0) is 78.9 Å². The summed E-state index contributed by atoms with van der Waals surface area (Å²) in [5.74, 6) is -0.615. The Morgan fingerprint density at radius 3 is 2.15 bits per heavy atom. The minimum atomic E-state index is -0.460. The molecule has 200 valence electrons. The number of carbonyl (C=O) groups is 3. The number of carbonyl (C=O) groups excluding carboxylic acids is 3. The summed E-state index contributed by atoms with van der Waals surface area (Å²) in [6, 6.07) is 27.4. The van der Waals surface area contributed by atoms with Crippen LogP contribution in [-0.4, -0.2) is 24.8 Å². The van der Waals surface area contributed by atoms with Gasteiger partial charge in [-0.15, -0.1) is 0 Å². The molecular formula is C30H21Cl2N3O4S. The van der Waals surface area contributed by atoms with Crippen LogP contribution in [-0.2, 0) is 9.59 Å². The quantitative estimate of drug-likeness (QED) is 0.210. The standard InChI is InChI=1S/C30H21Cl2N3O4S/c1-39-22-12-8-19(9-13-22)33-26-27(30(38)35(29(26)37)21-5-3-2-4-6-21)40-23-14-10-20(11-15-23)34-28(36)24-16-7-18(31)17-25(24)32/h2-17,33H,1H3,(H,34,36). The van der Waals surface area contributed by atoms with Crippen LogP contribution in [0.15, 0.2) is 113 Å². The van der Waals surface area contributed by atoms with Crippen molar-refractivity contribution in [3.63, 3.8) is 0 Å². The number of hydrogen-bond donors (Lipinski definition) is 2. The zero-order chi connectivity index (χ0) is 28.2. The lowest BCUT2D eigenvalue weighted by molar-refractivity contribution is -0.120. The van der Waals surface area contributed by atoms with Crippen LogP contribution in [0.25, 0.3) is 0 Å². The zero-order valence-electron chi connectivity index (χ0n) is 21.0. The molecule has 1 aliphatic rings. The molecule has 0 aromatic heterocycles. The minimum Gasteiger partial charge on any atom is -0.497 e. The zero-order valence-corrected chi connectivity index (χ0v) is 23.3. The number of ether oxygens (including phenoxy) is 1. The predicted molar refractivity (Wildman–Crippen MR) is 159 cm³/mol. The van der Waals surface area contributed by atoms with E-state index in [0.29, 0.717) is 38.3 Å². The van der Waals surface area contributed by atoms with E-state index in [9.17, 15) is 14.4 Å². The van der Waals surface area contributed by atoms with Crippen LogP contribution in [0.1, 0.15) is 10.4 Å². The number of imide groups is 1. The van der Waals surface area contributed by atoms with E-state index < -0.39 is 11.8 Å². The average Bonchev–Trinajstić information content (AvgIpc) is 3.18. The second-order valence-corrected chi connectivity index (χ2v) is 10.5. The van der Waals surface area contributed by atoms with E-state index in [1.54, 1.807) is 92.0 Å². The summed E-state index contributed by atoms with van der Waals surface area (Å²) in [5.41, 5.74) is 2.09. The molecule has 1 aliphatic heterocycles. The summed E-state index contributed by atoms with van der Waals surface area (Å²) in [5, 5.41) is 6.59. The molecule has 3 amide bonds. The molecule has 0 saturated heterocycles. The third-order valence-corrected chi connectivity index (χ3v) is 7.56. The lowest BCUT2D eigenvalue weighted by Crippen LogP contribution is -2.32. The molecule has 0 bridgehead atoms. The third kappa shape index (κ3) is 5.84. The lowest BCUT2D eigenvalue weighted by atomic mass is 10.2. The molecule has 40 heavy (non-hydrogen) atoms. The van der Waals surface area contributed by atoms with Gasteiger partial charge in [-0.1, -0.05) is 53.2 Å². The maximum absolute atomic E-state index is 13.5. The number of benzene rings is 4. The van der Waals surface area contributed by atoms with Crippen molar-refractivity contribution < 1.29 is 19.1 Å². The molecule has 0 radical (unpaired) electrons. The van der Waals surface area contributed by atoms with Gasteiger partial charge in [0.2, 0.25) is 0 Å². The first-order valence-corrected chi connectivity index (χ1v) is 13.5. The smallest absolute Gasteiger partial charge is 0.283 e. The van der Waals surface area contributed by atoms with Gasteiger partial charge in [0.05, 0.1) is 23.4 Å². The number of anilines is 3. The lowest BCUT2D eigenvalue weighted by Gasteiger charge is -2.15. The molecule has 0 saturated carbocycles. The Labute approximate surface area is 244 Å². The fraction of sp³-hybridized carbons (Fsp3) is 0.0333. The molecule has 2 N–H and O–H groups in total. The van der Waals surface area contributed by atoms with Gasteiger partial charge in [0, 0.05) is 21.3 Å². The Kier molecular flexibility index (Phi) is 8.11. The fourth-order valence-electron chi connectivity index (χ4n) is 3.94. The number of nitrogens with zero attached hydrogens (tertiary/aromatic N) is 1. The SMILES string of the molecule is COc1ccc(NC2=C(Sc3ccc(NC(=O)c4ccc(Cl)cc4Cl)cc3)C(=O)N(c3ccccc3)C2=O)cc1. The summed E-state index contributed by atoms with van der Waals surface area (Å²) >= 11 is 13.2. The van der Waals surface area contributed by atoms with Crippen LogP contribution in [0, 0.1) is 0 Å². The van der Waals surface area contributed by atoms with E-state index in [0.717, 1.165) is 16.7 Å². The van der Waals surface area contributed by atoms with Gasteiger partial charge in [0.15, 0.2) is 0 Å². The summed E-state index contributed by atoms with van der Waals surface area (Å²) in [6.07, 6.45) is 0. The highest BCUT2D eigenvalue weighted by atomic mass is 35.5. The van der Waals surface area contributed by atoms with Crippen LogP contribution < -0.4 is 20.3 Å². The van der Waals surface area contributed by atoms with Gasteiger partial charge in [-0.3, -0.25) is 14.4 Å². The van der Waals surface area contributed by atoms with Gasteiger partial charge in [0.1, 0.15) is 16.4 Å². The Morgan fingerprint density at radius 1 is 0.825 bits per heavy atom. The number of methoxy groups -OCH3 is 1. The van der Waals surface area contributed by atoms with E-state index in [1.807, 2.05) is 6.07 Å². The van der Waals surface area contributed by atoms with Crippen LogP contribution in [0.4, 0.5) is 17.1 Å². The van der Waals surface area contributed by atoms with Crippen LogP contribution >= 0.6 is 35.0 Å². The average molecular weight is 590 g/mol. The summed E-state index contributed by atoms with van der Waals surface area (Å²) < 4.78 is 5.21. The van der Waals surface area contributed by atoms with E-state index in [1.165, 1.54) is 6.07 Å². The Balaban J connectivity index is 1.39. The summed E-state index contributed by atoms with van der Waals surface area (Å²) in [6.45, 7) is 0. The van der Waals surface area contributed by atoms with Crippen molar-refractivity contribution in [2.75, 3.05) is 22.6 Å². The molecule has 4 aromatic rings. The third-order valence-electron chi connectivity index (χ3n) is 5.92. The minimum absolute atomic E-state index is 0.166. The number of nitrogens with one attached hydrogen (secondary N) is 2.